The number of aromatic nitrogens is 3. The van der Waals surface area contributed by atoms with E-state index in [9.17, 15) is 4.79 Å². The van der Waals surface area contributed by atoms with E-state index in [1.165, 1.54) is 0 Å². The van der Waals surface area contributed by atoms with Gasteiger partial charge in [-0.25, -0.2) is 9.48 Å². The second kappa shape index (κ2) is 5.31. The second-order valence-electron chi connectivity index (χ2n) is 7.06. The lowest BCUT2D eigenvalue weighted by molar-refractivity contribution is -0.00667. The van der Waals surface area contributed by atoms with E-state index in [2.05, 4.69) is 20.9 Å². The molecular weight excluding hydrogens is 306 g/mol. The molecule has 2 atom stereocenters. The van der Waals surface area contributed by atoms with Crippen LogP contribution in [0.25, 0.3) is 0 Å². The molecule has 1 aliphatic heterocycles. The van der Waals surface area contributed by atoms with Gasteiger partial charge in [0.05, 0.1) is 30.5 Å². The molecule has 2 amide bonds. The maximum absolute atomic E-state index is 12.3. The first-order valence-corrected chi connectivity index (χ1v) is 8.16. The fourth-order valence-corrected chi connectivity index (χ4v) is 3.56. The van der Waals surface area contributed by atoms with E-state index < -0.39 is 0 Å². The van der Waals surface area contributed by atoms with Crippen LogP contribution in [0, 0.1) is 5.92 Å². The third-order valence-electron chi connectivity index (χ3n) is 5.13. The van der Waals surface area contributed by atoms with Crippen molar-refractivity contribution in [2.45, 2.75) is 38.0 Å². The van der Waals surface area contributed by atoms with Crippen LogP contribution in [-0.4, -0.2) is 38.8 Å². The van der Waals surface area contributed by atoms with Crippen molar-refractivity contribution < 1.29 is 9.53 Å². The quantitative estimate of drug-likeness (QED) is 0.900. The van der Waals surface area contributed by atoms with Gasteiger partial charge in [0.15, 0.2) is 5.82 Å². The normalized spacial score (nSPS) is 26.7. The number of hydrogen-bond donors (Lipinski definition) is 2. The minimum absolute atomic E-state index is 0.253. The summed E-state index contributed by atoms with van der Waals surface area (Å²) in [5, 5.41) is 13.9. The van der Waals surface area contributed by atoms with E-state index in [0.29, 0.717) is 24.9 Å². The van der Waals surface area contributed by atoms with E-state index in [0.717, 1.165) is 12.0 Å². The number of urea groups is 1. The number of nitrogens with zero attached hydrogens (tertiary/aromatic N) is 3. The fourth-order valence-electron chi connectivity index (χ4n) is 3.56. The molecule has 7 nitrogen and oxygen atoms in total. The molecule has 2 fully saturated rings. The van der Waals surface area contributed by atoms with Gasteiger partial charge in [0.2, 0.25) is 0 Å². The topological polar surface area (TPSA) is 81.1 Å². The summed E-state index contributed by atoms with van der Waals surface area (Å²) in [5.41, 5.74) is 0.541. The molecule has 1 saturated carbocycles. The lowest BCUT2D eigenvalue weighted by atomic mass is 9.96. The van der Waals surface area contributed by atoms with Gasteiger partial charge in [0, 0.05) is 5.92 Å². The number of ether oxygens (including phenoxy) is 1. The molecule has 7 heteroatoms. The van der Waals surface area contributed by atoms with E-state index in [4.69, 9.17) is 4.74 Å². The molecule has 0 bridgehead atoms. The third-order valence-corrected chi connectivity index (χ3v) is 5.13. The maximum Gasteiger partial charge on any atom is 0.321 e. The zero-order valence-corrected chi connectivity index (χ0v) is 13.8. The number of benzene rings is 1. The van der Waals surface area contributed by atoms with Crippen molar-refractivity contribution in [3.05, 3.63) is 42.1 Å². The Bertz CT molecular complexity index is 757. The largest absolute Gasteiger partial charge is 0.373 e. The van der Waals surface area contributed by atoms with Gasteiger partial charge < -0.3 is 10.1 Å². The van der Waals surface area contributed by atoms with Crippen LogP contribution in [0.4, 0.5) is 10.6 Å². The third kappa shape index (κ3) is 2.54. The lowest BCUT2D eigenvalue weighted by Crippen LogP contribution is -2.52. The lowest BCUT2D eigenvalue weighted by Gasteiger charge is -2.30. The smallest absolute Gasteiger partial charge is 0.321 e. The number of amides is 2. The Morgan fingerprint density at radius 2 is 2.17 bits per heavy atom. The molecule has 2 unspecified atom stereocenters. The molecule has 4 rings (SSSR count). The van der Waals surface area contributed by atoms with Gasteiger partial charge in [0.25, 0.3) is 0 Å². The number of carbonyl (C=O) groups is 1. The number of hydrogen-bond acceptors (Lipinski definition) is 4. The van der Waals surface area contributed by atoms with Crippen molar-refractivity contribution in [1.29, 1.82) is 0 Å². The van der Waals surface area contributed by atoms with E-state index in [1.54, 1.807) is 10.9 Å². The highest BCUT2D eigenvalue weighted by molar-refractivity contribution is 5.89. The van der Waals surface area contributed by atoms with Crippen LogP contribution in [0.2, 0.25) is 0 Å². The first-order valence-electron chi connectivity index (χ1n) is 8.16. The average molecular weight is 327 g/mol. The zero-order chi connectivity index (χ0) is 16.8. The summed E-state index contributed by atoms with van der Waals surface area (Å²) in [6.45, 7) is 5.37. The summed E-state index contributed by atoms with van der Waals surface area (Å²) in [4.78, 5) is 12.3. The number of anilines is 1. The number of nitrogens with one attached hydrogen (secondary N) is 2. The highest BCUT2D eigenvalue weighted by Gasteiger charge is 2.69. The highest BCUT2D eigenvalue weighted by Crippen LogP contribution is 2.57. The maximum atomic E-state index is 12.3. The first kappa shape index (κ1) is 15.1. The summed E-state index contributed by atoms with van der Waals surface area (Å²) < 4.78 is 7.45. The van der Waals surface area contributed by atoms with Gasteiger partial charge >= 0.3 is 6.03 Å². The predicted molar refractivity (Wildman–Crippen MR) is 88.6 cm³/mol. The second-order valence-corrected chi connectivity index (χ2v) is 7.06. The Hall–Kier alpha value is -2.41. The van der Waals surface area contributed by atoms with Crippen LogP contribution in [0.15, 0.2) is 36.5 Å². The standard InChI is InChI=1S/C17H21N5O2/c1-16(2)17(8-13(17)11-24-16)19-15(23)18-14-10-22(21-20-14)9-12-6-4-3-5-7-12/h3-7,10,13H,8-9,11H2,1-2H3,(H2,18,19,23). The fraction of sp³-hybridized carbons (Fsp3) is 0.471. The minimum atomic E-state index is -0.333. The van der Waals surface area contributed by atoms with Crippen molar-refractivity contribution in [1.82, 2.24) is 20.3 Å². The zero-order valence-electron chi connectivity index (χ0n) is 13.8. The van der Waals surface area contributed by atoms with Crippen LogP contribution in [0.3, 0.4) is 0 Å². The number of fused-ring (bicyclic) bond motifs is 1. The molecule has 2 heterocycles. The van der Waals surface area contributed by atoms with Gasteiger partial charge in [0.1, 0.15) is 0 Å². The van der Waals surface area contributed by atoms with Crippen molar-refractivity contribution in [3.8, 4) is 0 Å². The Morgan fingerprint density at radius 3 is 2.83 bits per heavy atom. The van der Waals surface area contributed by atoms with E-state index in [-0.39, 0.29) is 17.2 Å². The van der Waals surface area contributed by atoms with Gasteiger partial charge in [-0.15, -0.1) is 5.10 Å². The number of rotatable bonds is 4. The molecule has 1 aliphatic carbocycles. The molecule has 126 valence electrons. The molecular formula is C17H21N5O2. The molecule has 0 spiro atoms. The Balaban J connectivity index is 1.37. The minimum Gasteiger partial charge on any atom is -0.373 e. The summed E-state index contributed by atoms with van der Waals surface area (Å²) in [6, 6.07) is 9.72. The Morgan fingerprint density at radius 1 is 1.38 bits per heavy atom. The van der Waals surface area contributed by atoms with E-state index >= 15 is 0 Å². The van der Waals surface area contributed by atoms with E-state index in [1.807, 2.05) is 44.2 Å². The first-order chi connectivity index (χ1) is 11.5. The monoisotopic (exact) mass is 327 g/mol. The van der Waals surface area contributed by atoms with Gasteiger partial charge in [-0.2, -0.15) is 0 Å². The molecule has 2 aliphatic rings. The highest BCUT2D eigenvalue weighted by atomic mass is 16.5. The Kier molecular flexibility index (Phi) is 3.35. The SMILES string of the molecule is CC1(C)OCC2CC21NC(=O)Nc1cn(Cc2ccccc2)nn1. The Labute approximate surface area is 140 Å². The van der Waals surface area contributed by atoms with Crippen molar-refractivity contribution >= 4 is 11.8 Å². The summed E-state index contributed by atoms with van der Waals surface area (Å²) in [7, 11) is 0. The van der Waals surface area contributed by atoms with Gasteiger partial charge in [-0.3, -0.25) is 5.32 Å². The van der Waals surface area contributed by atoms with Crippen LogP contribution in [0.5, 0.6) is 0 Å². The number of carbonyl (C=O) groups excluding carboxylic acids is 1. The summed E-state index contributed by atoms with van der Waals surface area (Å²) in [5.74, 6) is 0.848. The van der Waals surface area contributed by atoms with Gasteiger partial charge in [-0.1, -0.05) is 35.5 Å². The van der Waals surface area contributed by atoms with Crippen LogP contribution >= 0.6 is 0 Å². The van der Waals surface area contributed by atoms with Crippen molar-refractivity contribution in [3.63, 3.8) is 0 Å². The molecule has 1 aromatic carbocycles. The molecule has 0 radical (unpaired) electrons. The van der Waals surface area contributed by atoms with Crippen LogP contribution in [0.1, 0.15) is 25.8 Å². The van der Waals surface area contributed by atoms with Crippen LogP contribution in [-0.2, 0) is 11.3 Å². The molecule has 1 aromatic heterocycles. The van der Waals surface area contributed by atoms with Gasteiger partial charge in [-0.05, 0) is 25.8 Å². The molecule has 2 aromatic rings. The summed E-state index contributed by atoms with van der Waals surface area (Å²) >= 11 is 0. The van der Waals surface area contributed by atoms with Crippen LogP contribution < -0.4 is 10.6 Å². The molecule has 2 N–H and O–H groups in total. The molecule has 24 heavy (non-hydrogen) atoms. The van der Waals surface area contributed by atoms with Crippen molar-refractivity contribution in [2.75, 3.05) is 11.9 Å². The summed E-state index contributed by atoms with van der Waals surface area (Å²) in [6.07, 6.45) is 2.69. The molecule has 1 saturated heterocycles. The average Bonchev–Trinajstić information content (AvgIpc) is 2.99. The predicted octanol–water partition coefficient (Wildman–Crippen LogP) is 2.02. The van der Waals surface area contributed by atoms with Crippen molar-refractivity contribution in [2.24, 2.45) is 5.92 Å².